The number of aliphatic imine (C=N–C) groups is 1. The number of piperidine rings is 1. The molecule has 1 aromatic heterocycles. The van der Waals surface area contributed by atoms with Crippen LogP contribution in [0.25, 0.3) is 0 Å². The van der Waals surface area contributed by atoms with Crippen LogP contribution in [0.3, 0.4) is 0 Å². The van der Waals surface area contributed by atoms with E-state index in [1.165, 1.54) is 12.1 Å². The van der Waals surface area contributed by atoms with Gasteiger partial charge in [-0.1, -0.05) is 6.07 Å². The summed E-state index contributed by atoms with van der Waals surface area (Å²) >= 11 is 0. The Morgan fingerprint density at radius 3 is 2.69 bits per heavy atom. The third-order valence-electron chi connectivity index (χ3n) is 5.61. The number of guanidine groups is 1. The van der Waals surface area contributed by atoms with Crippen LogP contribution < -0.4 is 15.4 Å². The van der Waals surface area contributed by atoms with Crippen molar-refractivity contribution in [3.63, 3.8) is 0 Å². The van der Waals surface area contributed by atoms with Crippen molar-refractivity contribution in [1.29, 1.82) is 0 Å². The number of aromatic nitrogens is 1. The molecule has 1 saturated heterocycles. The zero-order valence-corrected chi connectivity index (χ0v) is 21.7. The molecule has 178 valence electrons. The van der Waals surface area contributed by atoms with Crippen LogP contribution in [0.15, 0.2) is 33.7 Å². The molecule has 2 N–H and O–H groups in total. The van der Waals surface area contributed by atoms with Gasteiger partial charge in [-0.05, 0) is 64.8 Å². The first kappa shape index (κ1) is 26.4. The van der Waals surface area contributed by atoms with Gasteiger partial charge in [-0.15, -0.1) is 24.0 Å². The summed E-state index contributed by atoms with van der Waals surface area (Å²) in [4.78, 5) is 11.2. The second kappa shape index (κ2) is 13.0. The van der Waals surface area contributed by atoms with Crippen molar-refractivity contribution in [2.45, 2.75) is 46.3 Å². The molecule has 1 aliphatic rings. The normalized spacial score (nSPS) is 16.3. The Bertz CT molecular complexity index is 848. The van der Waals surface area contributed by atoms with Gasteiger partial charge in [0.25, 0.3) is 0 Å². The standard InChI is InChI=1S/C23H34FN5O2.HI/c1-16(30-21-7-5-6-20(24)12-21)13-26-23(25-4)27-14-19-8-10-29(11-9-19)15-22-28-17(2)18(3)31-22;/h5-7,12,16,19H,8-11,13-15H2,1-4H3,(H2,25,26,27);1H. The van der Waals surface area contributed by atoms with Crippen molar-refractivity contribution in [1.82, 2.24) is 20.5 Å². The number of likely N-dealkylation sites (tertiary alicyclic amines) is 1. The van der Waals surface area contributed by atoms with Crippen molar-refractivity contribution in [2.75, 3.05) is 33.2 Å². The van der Waals surface area contributed by atoms with Gasteiger partial charge in [-0.2, -0.15) is 0 Å². The highest BCUT2D eigenvalue weighted by Crippen LogP contribution is 2.19. The summed E-state index contributed by atoms with van der Waals surface area (Å²) in [5.41, 5.74) is 0.976. The van der Waals surface area contributed by atoms with E-state index < -0.39 is 0 Å². The molecule has 9 heteroatoms. The molecule has 2 aromatic rings. The number of aryl methyl sites for hydroxylation is 2. The van der Waals surface area contributed by atoms with Crippen LogP contribution in [0.2, 0.25) is 0 Å². The van der Waals surface area contributed by atoms with E-state index in [0.717, 1.165) is 62.3 Å². The molecule has 1 fully saturated rings. The SMILES string of the molecule is CN=C(NCC1CCN(Cc2nc(C)c(C)o2)CC1)NCC(C)Oc1cccc(F)c1.I. The molecule has 7 nitrogen and oxygen atoms in total. The molecule has 0 radical (unpaired) electrons. The van der Waals surface area contributed by atoms with Gasteiger partial charge in [-0.3, -0.25) is 9.89 Å². The van der Waals surface area contributed by atoms with Crippen LogP contribution in [-0.4, -0.2) is 55.2 Å². The summed E-state index contributed by atoms with van der Waals surface area (Å²) in [7, 11) is 1.76. The highest BCUT2D eigenvalue weighted by Gasteiger charge is 2.21. The van der Waals surface area contributed by atoms with Crippen LogP contribution in [0, 0.1) is 25.6 Å². The van der Waals surface area contributed by atoms with E-state index in [1.807, 2.05) is 20.8 Å². The third-order valence-corrected chi connectivity index (χ3v) is 5.61. The van der Waals surface area contributed by atoms with Crippen LogP contribution in [-0.2, 0) is 6.54 Å². The summed E-state index contributed by atoms with van der Waals surface area (Å²) < 4.78 is 24.7. The van der Waals surface area contributed by atoms with Crippen LogP contribution in [0.5, 0.6) is 5.75 Å². The minimum Gasteiger partial charge on any atom is -0.489 e. The van der Waals surface area contributed by atoms with E-state index in [0.29, 0.717) is 18.2 Å². The van der Waals surface area contributed by atoms with E-state index in [9.17, 15) is 4.39 Å². The number of ether oxygens (including phenoxy) is 1. The zero-order chi connectivity index (χ0) is 22.2. The maximum atomic E-state index is 13.3. The number of hydrogen-bond donors (Lipinski definition) is 2. The molecule has 1 aliphatic heterocycles. The lowest BCUT2D eigenvalue weighted by Gasteiger charge is -2.31. The molecule has 1 unspecified atom stereocenters. The van der Waals surface area contributed by atoms with Crippen LogP contribution in [0.4, 0.5) is 4.39 Å². The van der Waals surface area contributed by atoms with Gasteiger partial charge in [0.1, 0.15) is 23.4 Å². The number of hydrogen-bond acceptors (Lipinski definition) is 5. The first-order valence-electron chi connectivity index (χ1n) is 10.9. The summed E-state index contributed by atoms with van der Waals surface area (Å²) in [6.07, 6.45) is 2.13. The number of nitrogens with zero attached hydrogens (tertiary/aromatic N) is 3. The molecule has 2 heterocycles. The smallest absolute Gasteiger partial charge is 0.208 e. The molecule has 0 bridgehead atoms. The lowest BCUT2D eigenvalue weighted by atomic mass is 9.97. The first-order chi connectivity index (χ1) is 14.9. The minimum absolute atomic E-state index is 0. The van der Waals surface area contributed by atoms with Crippen molar-refractivity contribution >= 4 is 29.9 Å². The predicted molar refractivity (Wildman–Crippen MR) is 135 cm³/mol. The summed E-state index contributed by atoms with van der Waals surface area (Å²) in [6, 6.07) is 6.19. The van der Waals surface area contributed by atoms with Gasteiger partial charge in [-0.25, -0.2) is 9.37 Å². The Balaban J connectivity index is 0.00000363. The maximum Gasteiger partial charge on any atom is 0.208 e. The fourth-order valence-electron chi connectivity index (χ4n) is 3.66. The van der Waals surface area contributed by atoms with Gasteiger partial charge < -0.3 is 19.8 Å². The highest BCUT2D eigenvalue weighted by atomic mass is 127. The Morgan fingerprint density at radius 1 is 1.31 bits per heavy atom. The van der Waals surface area contributed by atoms with Gasteiger partial charge in [0.15, 0.2) is 5.96 Å². The molecular formula is C23H35FIN5O2. The van der Waals surface area contributed by atoms with Crippen molar-refractivity contribution in [3.05, 3.63) is 47.4 Å². The topological polar surface area (TPSA) is 74.9 Å². The second-order valence-corrected chi connectivity index (χ2v) is 8.19. The Hall–Kier alpha value is -1.88. The fraction of sp³-hybridized carbons (Fsp3) is 0.565. The summed E-state index contributed by atoms with van der Waals surface area (Å²) in [6.45, 7) is 10.2. The maximum absolute atomic E-state index is 13.3. The zero-order valence-electron chi connectivity index (χ0n) is 19.4. The average molecular weight is 559 g/mol. The van der Waals surface area contributed by atoms with E-state index in [1.54, 1.807) is 19.2 Å². The molecule has 1 aromatic carbocycles. The van der Waals surface area contributed by atoms with E-state index in [4.69, 9.17) is 9.15 Å². The Kier molecular flexibility index (Phi) is 10.7. The van der Waals surface area contributed by atoms with Gasteiger partial charge >= 0.3 is 0 Å². The largest absolute Gasteiger partial charge is 0.489 e. The van der Waals surface area contributed by atoms with Gasteiger partial charge in [0.05, 0.1) is 18.8 Å². The minimum atomic E-state index is -0.299. The van der Waals surface area contributed by atoms with E-state index in [-0.39, 0.29) is 35.9 Å². The lowest BCUT2D eigenvalue weighted by Crippen LogP contribution is -2.45. The van der Waals surface area contributed by atoms with Gasteiger partial charge in [0, 0.05) is 19.7 Å². The van der Waals surface area contributed by atoms with Gasteiger partial charge in [0.2, 0.25) is 5.89 Å². The van der Waals surface area contributed by atoms with Crippen molar-refractivity contribution in [2.24, 2.45) is 10.9 Å². The number of rotatable bonds is 8. The molecule has 0 aliphatic carbocycles. The number of nitrogens with one attached hydrogen (secondary N) is 2. The third kappa shape index (κ3) is 8.23. The second-order valence-electron chi connectivity index (χ2n) is 8.19. The summed E-state index contributed by atoms with van der Waals surface area (Å²) in [5, 5.41) is 6.70. The fourth-order valence-corrected chi connectivity index (χ4v) is 3.66. The number of benzene rings is 1. The highest BCUT2D eigenvalue weighted by molar-refractivity contribution is 14.0. The monoisotopic (exact) mass is 559 g/mol. The van der Waals surface area contributed by atoms with Crippen LogP contribution >= 0.6 is 24.0 Å². The van der Waals surface area contributed by atoms with Crippen molar-refractivity contribution < 1.29 is 13.5 Å². The molecule has 0 saturated carbocycles. The average Bonchev–Trinajstić information content (AvgIpc) is 3.06. The Morgan fingerprint density at radius 2 is 2.06 bits per heavy atom. The first-order valence-corrected chi connectivity index (χ1v) is 10.9. The molecule has 0 amide bonds. The molecule has 3 rings (SSSR count). The summed E-state index contributed by atoms with van der Waals surface area (Å²) in [5.74, 6) is 3.30. The quantitative estimate of drug-likeness (QED) is 0.291. The molecular weight excluding hydrogens is 524 g/mol. The lowest BCUT2D eigenvalue weighted by molar-refractivity contribution is 0.164. The molecule has 32 heavy (non-hydrogen) atoms. The van der Waals surface area contributed by atoms with E-state index >= 15 is 0 Å². The molecule has 0 spiro atoms. The van der Waals surface area contributed by atoms with Crippen molar-refractivity contribution in [3.8, 4) is 5.75 Å². The van der Waals surface area contributed by atoms with E-state index in [2.05, 4.69) is 25.5 Å². The Labute approximate surface area is 207 Å². The van der Waals surface area contributed by atoms with Crippen LogP contribution in [0.1, 0.15) is 37.1 Å². The predicted octanol–water partition coefficient (Wildman–Crippen LogP) is 3.89. The number of oxazole rings is 1. The molecule has 1 atom stereocenters. The number of halogens is 2.